The molecule has 1 heterocycles. The van der Waals surface area contributed by atoms with Gasteiger partial charge in [0, 0.05) is 10.2 Å². The van der Waals surface area contributed by atoms with Crippen molar-refractivity contribution in [2.24, 2.45) is 23.7 Å². The molecular formula is C21H22BrClN2O5. The fourth-order valence-corrected chi connectivity index (χ4v) is 5.76. The third-order valence-electron chi connectivity index (χ3n) is 6.58. The van der Waals surface area contributed by atoms with E-state index in [0.717, 1.165) is 29.7 Å². The predicted molar refractivity (Wildman–Crippen MR) is 113 cm³/mol. The van der Waals surface area contributed by atoms with E-state index >= 15 is 0 Å². The van der Waals surface area contributed by atoms with Gasteiger partial charge >= 0.3 is 5.97 Å². The van der Waals surface area contributed by atoms with Crippen LogP contribution in [0.5, 0.6) is 0 Å². The number of rotatable bonds is 5. The minimum atomic E-state index is -1.05. The molecule has 2 saturated carbocycles. The Kier molecular flexibility index (Phi) is 5.66. The molecule has 30 heavy (non-hydrogen) atoms. The van der Waals surface area contributed by atoms with Crippen molar-refractivity contribution >= 4 is 56.9 Å². The Bertz CT molecular complexity index is 924. The van der Waals surface area contributed by atoms with Crippen LogP contribution in [0.15, 0.2) is 16.6 Å². The SMILES string of the molecule is Cc1cc(Br)c(Cl)cc1NC(=O)COC(=O)[C@H](C)N1C(=O)[C@H]2[C@H]3CC[C@@H](C3)[C@@H]2C1=O. The van der Waals surface area contributed by atoms with Crippen molar-refractivity contribution in [1.82, 2.24) is 4.90 Å². The number of carbonyl (C=O) groups is 4. The molecule has 5 atom stereocenters. The number of amides is 3. The first kappa shape index (κ1) is 21.3. The summed E-state index contributed by atoms with van der Waals surface area (Å²) in [5.41, 5.74) is 1.29. The number of benzene rings is 1. The van der Waals surface area contributed by atoms with Gasteiger partial charge in [-0.3, -0.25) is 19.3 Å². The minimum absolute atomic E-state index is 0.247. The van der Waals surface area contributed by atoms with Crippen LogP contribution in [0.2, 0.25) is 5.02 Å². The average molecular weight is 498 g/mol. The summed E-state index contributed by atoms with van der Waals surface area (Å²) in [6.45, 7) is 2.75. The highest BCUT2D eigenvalue weighted by atomic mass is 79.9. The fraction of sp³-hybridized carbons (Fsp3) is 0.524. The standard InChI is InChI=1S/C21H22BrClN2O5/c1-9-5-13(22)14(23)7-15(9)24-16(26)8-30-21(29)10(2)25-19(27)17-11-3-4-12(6-11)18(17)20(25)28/h5,7,10-12,17-18H,3-4,6,8H2,1-2H3,(H,24,26)/t10-,11-,12-,17-,18-/m0/s1. The first-order valence-corrected chi connectivity index (χ1v) is 11.1. The zero-order chi connectivity index (χ0) is 21.7. The van der Waals surface area contributed by atoms with Crippen LogP contribution in [0, 0.1) is 30.6 Å². The summed E-state index contributed by atoms with van der Waals surface area (Å²) in [7, 11) is 0. The number of imide groups is 1. The molecule has 7 nitrogen and oxygen atoms in total. The topological polar surface area (TPSA) is 92.8 Å². The number of fused-ring (bicyclic) bond motifs is 5. The molecule has 1 aliphatic heterocycles. The molecule has 4 rings (SSSR count). The lowest BCUT2D eigenvalue weighted by Crippen LogP contribution is -2.45. The summed E-state index contributed by atoms with van der Waals surface area (Å²) in [6, 6.07) is 2.31. The normalized spacial score (nSPS) is 27.9. The number of aryl methyl sites for hydroxylation is 1. The van der Waals surface area contributed by atoms with E-state index in [1.165, 1.54) is 6.92 Å². The molecule has 1 saturated heterocycles. The molecule has 0 aromatic heterocycles. The Labute approximate surface area is 187 Å². The summed E-state index contributed by atoms with van der Waals surface area (Å²) in [4.78, 5) is 51.3. The second kappa shape index (κ2) is 7.96. The number of carbonyl (C=O) groups excluding carboxylic acids is 4. The van der Waals surface area contributed by atoms with Crippen molar-refractivity contribution in [2.75, 3.05) is 11.9 Å². The van der Waals surface area contributed by atoms with Crippen molar-refractivity contribution < 1.29 is 23.9 Å². The molecule has 3 fully saturated rings. The number of nitrogens with zero attached hydrogens (tertiary/aromatic N) is 1. The second-order valence-corrected chi connectivity index (χ2v) is 9.61. The van der Waals surface area contributed by atoms with Crippen molar-refractivity contribution in [3.05, 3.63) is 27.2 Å². The van der Waals surface area contributed by atoms with Gasteiger partial charge in [0.1, 0.15) is 6.04 Å². The van der Waals surface area contributed by atoms with E-state index in [9.17, 15) is 19.2 Å². The number of nitrogens with one attached hydrogen (secondary N) is 1. The van der Waals surface area contributed by atoms with Crippen LogP contribution >= 0.6 is 27.5 Å². The summed E-state index contributed by atoms with van der Waals surface area (Å²) >= 11 is 9.36. The summed E-state index contributed by atoms with van der Waals surface area (Å²) in [5.74, 6) is -1.94. The maximum atomic E-state index is 12.8. The lowest BCUT2D eigenvalue weighted by Gasteiger charge is -2.23. The highest BCUT2D eigenvalue weighted by molar-refractivity contribution is 9.10. The number of likely N-dealkylation sites (tertiary alicyclic amines) is 1. The van der Waals surface area contributed by atoms with Crippen molar-refractivity contribution in [2.45, 2.75) is 39.2 Å². The first-order valence-electron chi connectivity index (χ1n) is 9.98. The van der Waals surface area contributed by atoms with Gasteiger partial charge in [-0.2, -0.15) is 0 Å². The summed E-state index contributed by atoms with van der Waals surface area (Å²) in [6.07, 6.45) is 2.87. The molecule has 9 heteroatoms. The molecule has 2 bridgehead atoms. The molecule has 2 aliphatic carbocycles. The van der Waals surface area contributed by atoms with E-state index in [-0.39, 0.29) is 35.5 Å². The van der Waals surface area contributed by atoms with E-state index in [1.54, 1.807) is 19.1 Å². The summed E-state index contributed by atoms with van der Waals surface area (Å²) < 4.78 is 5.80. The van der Waals surface area contributed by atoms with Crippen LogP contribution in [-0.4, -0.2) is 41.2 Å². The highest BCUT2D eigenvalue weighted by Gasteiger charge is 2.62. The van der Waals surface area contributed by atoms with Gasteiger partial charge in [-0.15, -0.1) is 0 Å². The van der Waals surface area contributed by atoms with Crippen molar-refractivity contribution in [3.8, 4) is 0 Å². The van der Waals surface area contributed by atoms with E-state index in [1.807, 2.05) is 0 Å². The van der Waals surface area contributed by atoms with Gasteiger partial charge < -0.3 is 10.1 Å². The van der Waals surface area contributed by atoms with Crippen molar-refractivity contribution in [3.63, 3.8) is 0 Å². The van der Waals surface area contributed by atoms with Crippen LogP contribution < -0.4 is 5.32 Å². The fourth-order valence-electron chi connectivity index (χ4n) is 5.14. The van der Waals surface area contributed by atoms with Gasteiger partial charge in [0.25, 0.3) is 5.91 Å². The van der Waals surface area contributed by atoms with E-state index < -0.39 is 24.5 Å². The maximum absolute atomic E-state index is 12.8. The predicted octanol–water partition coefficient (Wildman–Crippen LogP) is 3.31. The van der Waals surface area contributed by atoms with Gasteiger partial charge in [0.05, 0.1) is 16.9 Å². The van der Waals surface area contributed by atoms with Gasteiger partial charge in [-0.05, 0) is 78.6 Å². The Morgan fingerprint density at radius 3 is 2.43 bits per heavy atom. The monoisotopic (exact) mass is 496 g/mol. The van der Waals surface area contributed by atoms with E-state index in [2.05, 4.69) is 21.2 Å². The molecule has 3 amide bonds. The van der Waals surface area contributed by atoms with Crippen LogP contribution in [-0.2, 0) is 23.9 Å². The number of anilines is 1. The third kappa shape index (κ3) is 3.54. The lowest BCUT2D eigenvalue weighted by molar-refractivity contribution is -0.159. The van der Waals surface area contributed by atoms with Gasteiger partial charge in [-0.25, -0.2) is 4.79 Å². The zero-order valence-corrected chi connectivity index (χ0v) is 19.0. The number of hydrogen-bond acceptors (Lipinski definition) is 5. The third-order valence-corrected chi connectivity index (χ3v) is 7.77. The van der Waals surface area contributed by atoms with Crippen LogP contribution in [0.1, 0.15) is 31.7 Å². The van der Waals surface area contributed by atoms with E-state index in [0.29, 0.717) is 15.2 Å². The molecule has 0 spiro atoms. The minimum Gasteiger partial charge on any atom is -0.454 e. The van der Waals surface area contributed by atoms with Crippen LogP contribution in [0.25, 0.3) is 0 Å². The lowest BCUT2D eigenvalue weighted by atomic mass is 9.81. The molecule has 0 radical (unpaired) electrons. The molecule has 1 N–H and O–H groups in total. The van der Waals surface area contributed by atoms with Crippen LogP contribution in [0.3, 0.4) is 0 Å². The van der Waals surface area contributed by atoms with Crippen molar-refractivity contribution in [1.29, 1.82) is 0 Å². The second-order valence-electron chi connectivity index (χ2n) is 8.34. The quantitative estimate of drug-likeness (QED) is 0.498. The van der Waals surface area contributed by atoms with E-state index in [4.69, 9.17) is 16.3 Å². The van der Waals surface area contributed by atoms with Gasteiger partial charge in [0.15, 0.2) is 6.61 Å². The Morgan fingerprint density at radius 2 is 1.83 bits per heavy atom. The largest absolute Gasteiger partial charge is 0.454 e. The molecule has 1 aromatic carbocycles. The number of ether oxygens (including phenoxy) is 1. The molecular weight excluding hydrogens is 476 g/mol. The smallest absolute Gasteiger partial charge is 0.329 e. The molecule has 0 unspecified atom stereocenters. The van der Waals surface area contributed by atoms with Gasteiger partial charge in [0.2, 0.25) is 11.8 Å². The Morgan fingerprint density at radius 1 is 1.23 bits per heavy atom. The van der Waals surface area contributed by atoms with Gasteiger partial charge in [-0.1, -0.05) is 11.6 Å². The Balaban J connectivity index is 1.35. The molecule has 160 valence electrons. The molecule has 3 aliphatic rings. The maximum Gasteiger partial charge on any atom is 0.329 e. The Hall–Kier alpha value is -1.93. The number of halogens is 2. The first-order chi connectivity index (χ1) is 14.2. The number of esters is 1. The molecule has 1 aromatic rings. The highest BCUT2D eigenvalue weighted by Crippen LogP contribution is 2.56. The zero-order valence-electron chi connectivity index (χ0n) is 16.6. The summed E-state index contributed by atoms with van der Waals surface area (Å²) in [5, 5.41) is 3.08. The average Bonchev–Trinajstić information content (AvgIpc) is 3.37. The van der Waals surface area contributed by atoms with Crippen LogP contribution in [0.4, 0.5) is 5.69 Å². The number of hydrogen-bond donors (Lipinski definition) is 1.